The van der Waals surface area contributed by atoms with E-state index in [2.05, 4.69) is 11.0 Å². The summed E-state index contributed by atoms with van der Waals surface area (Å²) in [4.78, 5) is 27.3. The maximum Gasteiger partial charge on any atom is 0.250 e. The van der Waals surface area contributed by atoms with Gasteiger partial charge in [-0.1, -0.05) is 17.7 Å². The Morgan fingerprint density at radius 3 is 2.89 bits per heavy atom. The van der Waals surface area contributed by atoms with Gasteiger partial charge in [-0.2, -0.15) is 0 Å². The summed E-state index contributed by atoms with van der Waals surface area (Å²) in [6, 6.07) is 10.6. The third-order valence-electron chi connectivity index (χ3n) is 5.76. The third-order valence-corrected chi connectivity index (χ3v) is 5.99. The van der Waals surface area contributed by atoms with Gasteiger partial charge in [-0.05, 0) is 36.6 Å². The summed E-state index contributed by atoms with van der Waals surface area (Å²) in [6.45, 7) is 3.02. The van der Waals surface area contributed by atoms with Gasteiger partial charge in [-0.25, -0.2) is 0 Å². The summed E-state index contributed by atoms with van der Waals surface area (Å²) in [6.07, 6.45) is 2.67. The highest BCUT2D eigenvalue weighted by Gasteiger charge is 2.34. The number of fused-ring (bicyclic) bond motifs is 5. The fraction of sp³-hybridized carbons (Fsp3) is 0.333. The van der Waals surface area contributed by atoms with Crippen LogP contribution in [-0.2, 0) is 13.1 Å². The van der Waals surface area contributed by atoms with Gasteiger partial charge in [-0.15, -0.1) is 0 Å². The van der Waals surface area contributed by atoms with E-state index in [1.54, 1.807) is 30.5 Å². The van der Waals surface area contributed by atoms with Crippen molar-refractivity contribution in [1.29, 1.82) is 0 Å². The Morgan fingerprint density at radius 2 is 2.00 bits per heavy atom. The molecule has 0 unspecified atom stereocenters. The number of aromatic nitrogens is 1. The molecule has 2 atom stereocenters. The molecule has 0 spiro atoms. The largest absolute Gasteiger partial charge is 0.464 e. The Hall–Kier alpha value is -2.37. The van der Waals surface area contributed by atoms with Gasteiger partial charge in [0.2, 0.25) is 0 Å². The molecule has 6 heteroatoms. The van der Waals surface area contributed by atoms with Crippen molar-refractivity contribution in [3.05, 3.63) is 79.5 Å². The van der Waals surface area contributed by atoms with E-state index in [0.29, 0.717) is 39.9 Å². The van der Waals surface area contributed by atoms with Crippen LogP contribution in [0.25, 0.3) is 11.0 Å². The smallest absolute Gasteiger partial charge is 0.250 e. The molecule has 4 heterocycles. The number of benzene rings is 1. The lowest BCUT2D eigenvalue weighted by Crippen LogP contribution is -2.47. The summed E-state index contributed by atoms with van der Waals surface area (Å²) >= 11 is 6.04. The van der Waals surface area contributed by atoms with E-state index in [4.69, 9.17) is 16.0 Å². The highest BCUT2D eigenvalue weighted by Crippen LogP contribution is 2.35. The van der Waals surface area contributed by atoms with Gasteiger partial charge in [-0.3, -0.25) is 14.5 Å². The number of piperidine rings is 1. The molecule has 0 amide bonds. The molecular formula is C21H19ClN2O3. The molecule has 27 heavy (non-hydrogen) atoms. The van der Waals surface area contributed by atoms with Crippen molar-refractivity contribution in [2.24, 2.45) is 5.92 Å². The van der Waals surface area contributed by atoms with E-state index in [1.165, 1.54) is 0 Å². The molecule has 2 aliphatic heterocycles. The van der Waals surface area contributed by atoms with Crippen molar-refractivity contribution < 1.29 is 4.42 Å². The van der Waals surface area contributed by atoms with Gasteiger partial charge in [0, 0.05) is 54.4 Å². The predicted molar refractivity (Wildman–Crippen MR) is 104 cm³/mol. The molecule has 1 saturated heterocycles. The van der Waals surface area contributed by atoms with Crippen molar-refractivity contribution in [3.8, 4) is 0 Å². The summed E-state index contributed by atoms with van der Waals surface area (Å²) < 4.78 is 7.57. The molecular weight excluding hydrogens is 364 g/mol. The van der Waals surface area contributed by atoms with E-state index in [0.717, 1.165) is 31.7 Å². The molecule has 1 fully saturated rings. The summed E-state index contributed by atoms with van der Waals surface area (Å²) in [5, 5.41) is 1.05. The summed E-state index contributed by atoms with van der Waals surface area (Å²) in [5.41, 5.74) is 2.38. The Kier molecular flexibility index (Phi) is 3.95. The second-order valence-electron chi connectivity index (χ2n) is 7.62. The minimum atomic E-state index is -0.0221. The molecule has 0 N–H and O–H groups in total. The van der Waals surface area contributed by atoms with E-state index < -0.39 is 0 Å². The highest BCUT2D eigenvalue weighted by atomic mass is 35.5. The first-order valence-corrected chi connectivity index (χ1v) is 9.58. The first kappa shape index (κ1) is 16.8. The average Bonchev–Trinajstić information content (AvgIpc) is 2.65. The van der Waals surface area contributed by atoms with Crippen molar-refractivity contribution in [1.82, 2.24) is 9.47 Å². The minimum absolute atomic E-state index is 0.0221. The molecule has 138 valence electrons. The number of rotatable bonds is 2. The fourth-order valence-corrected chi connectivity index (χ4v) is 4.79. The van der Waals surface area contributed by atoms with E-state index in [-0.39, 0.29) is 11.0 Å². The van der Waals surface area contributed by atoms with Gasteiger partial charge in [0.1, 0.15) is 5.58 Å². The Bertz CT molecular complexity index is 1150. The lowest BCUT2D eigenvalue weighted by molar-refractivity contribution is 0.113. The van der Waals surface area contributed by atoms with Crippen LogP contribution in [0.1, 0.15) is 23.6 Å². The van der Waals surface area contributed by atoms with Gasteiger partial charge in [0.05, 0.1) is 11.6 Å². The van der Waals surface area contributed by atoms with Crippen LogP contribution in [0.15, 0.2) is 56.7 Å². The van der Waals surface area contributed by atoms with Crippen molar-refractivity contribution in [2.45, 2.75) is 25.4 Å². The number of likely N-dealkylation sites (tertiary alicyclic amines) is 1. The van der Waals surface area contributed by atoms with E-state index in [9.17, 15) is 9.59 Å². The standard InChI is InChI=1S/C21H19ClN2O3/c22-16-4-5-19-17(7-16)21(26)15(12-27-19)11-23-8-13-6-14(10-23)18-2-1-3-20(25)24(18)9-13/h1-5,7,12-14H,6,8-11H2/t13-,14+/m0/s1. The van der Waals surface area contributed by atoms with Crippen LogP contribution < -0.4 is 11.0 Å². The van der Waals surface area contributed by atoms with Gasteiger partial charge in [0.25, 0.3) is 5.56 Å². The second kappa shape index (κ2) is 6.36. The number of hydrogen-bond acceptors (Lipinski definition) is 4. The van der Waals surface area contributed by atoms with E-state index in [1.807, 2.05) is 10.6 Å². The highest BCUT2D eigenvalue weighted by molar-refractivity contribution is 6.31. The molecule has 2 aromatic heterocycles. The summed E-state index contributed by atoms with van der Waals surface area (Å²) in [5.74, 6) is 0.756. The normalized spacial score (nSPS) is 22.0. The topological polar surface area (TPSA) is 55.5 Å². The molecule has 2 bridgehead atoms. The van der Waals surface area contributed by atoms with Crippen LogP contribution in [0, 0.1) is 5.92 Å². The first-order chi connectivity index (χ1) is 13.1. The molecule has 0 aliphatic carbocycles. The van der Waals surface area contributed by atoms with Crippen LogP contribution in [0.2, 0.25) is 5.02 Å². The number of nitrogens with zero attached hydrogens (tertiary/aromatic N) is 2. The van der Waals surface area contributed by atoms with Gasteiger partial charge in [0.15, 0.2) is 5.43 Å². The van der Waals surface area contributed by atoms with Crippen LogP contribution in [0.4, 0.5) is 0 Å². The number of pyridine rings is 1. The quantitative estimate of drug-likeness (QED) is 0.682. The second-order valence-corrected chi connectivity index (χ2v) is 8.06. The average molecular weight is 383 g/mol. The zero-order valence-corrected chi connectivity index (χ0v) is 15.5. The SMILES string of the molecule is O=c1c(CN2C[C@@H]3C[C@H](C2)c2cccc(=O)n2C3)coc2ccc(Cl)cc12. The van der Waals surface area contributed by atoms with Crippen LogP contribution in [-0.4, -0.2) is 22.6 Å². The zero-order chi connectivity index (χ0) is 18.5. The molecule has 0 radical (unpaired) electrons. The Morgan fingerprint density at radius 1 is 1.11 bits per heavy atom. The van der Waals surface area contributed by atoms with Crippen molar-refractivity contribution >= 4 is 22.6 Å². The molecule has 5 nitrogen and oxygen atoms in total. The van der Waals surface area contributed by atoms with Crippen LogP contribution >= 0.6 is 11.6 Å². The van der Waals surface area contributed by atoms with Gasteiger partial charge >= 0.3 is 0 Å². The molecule has 2 aliphatic rings. The first-order valence-electron chi connectivity index (χ1n) is 9.20. The molecule has 1 aromatic carbocycles. The van der Waals surface area contributed by atoms with Crippen LogP contribution in [0.3, 0.4) is 0 Å². The van der Waals surface area contributed by atoms with Gasteiger partial charge < -0.3 is 8.98 Å². The van der Waals surface area contributed by atoms with Crippen molar-refractivity contribution in [2.75, 3.05) is 13.1 Å². The predicted octanol–water partition coefficient (Wildman–Crippen LogP) is 3.23. The fourth-order valence-electron chi connectivity index (χ4n) is 4.62. The van der Waals surface area contributed by atoms with E-state index >= 15 is 0 Å². The lowest BCUT2D eigenvalue weighted by Gasteiger charge is -2.42. The molecule has 3 aromatic rings. The van der Waals surface area contributed by atoms with Crippen molar-refractivity contribution in [3.63, 3.8) is 0 Å². The third kappa shape index (κ3) is 2.91. The maximum absolute atomic E-state index is 12.9. The monoisotopic (exact) mass is 382 g/mol. The lowest BCUT2D eigenvalue weighted by atomic mass is 9.83. The number of halogens is 1. The summed E-state index contributed by atoms with van der Waals surface area (Å²) in [7, 11) is 0. The number of hydrogen-bond donors (Lipinski definition) is 0. The Labute approximate surface area is 160 Å². The Balaban J connectivity index is 1.45. The molecule has 5 rings (SSSR count). The zero-order valence-electron chi connectivity index (χ0n) is 14.7. The maximum atomic E-state index is 12.9. The van der Waals surface area contributed by atoms with Crippen LogP contribution in [0.5, 0.6) is 0 Å². The minimum Gasteiger partial charge on any atom is -0.464 e. The molecule has 0 saturated carbocycles.